The number of aliphatic hydroxyl groups excluding tert-OH is 2. The Balaban J connectivity index is 1.64. The third kappa shape index (κ3) is 6.13. The number of hydrogen-bond acceptors (Lipinski definition) is 8. The summed E-state index contributed by atoms with van der Waals surface area (Å²) in [4.78, 5) is 36.2. The fourth-order valence-electron chi connectivity index (χ4n) is 6.08. The first-order valence-corrected chi connectivity index (χ1v) is 13.2. The van der Waals surface area contributed by atoms with Crippen LogP contribution in [0.5, 0.6) is 0 Å². The number of carboxylic acids is 1. The lowest BCUT2D eigenvalue weighted by molar-refractivity contribution is -0.288. The Morgan fingerprint density at radius 3 is 2.60 bits per heavy atom. The van der Waals surface area contributed by atoms with Crippen molar-refractivity contribution in [1.82, 2.24) is 5.32 Å². The maximum Gasteiger partial charge on any atom is 0.303 e. The molecule has 2 heterocycles. The molecule has 2 unspecified atom stereocenters. The number of aliphatic hydroxyl groups is 3. The molecule has 0 aromatic rings. The van der Waals surface area contributed by atoms with Crippen LogP contribution in [0.1, 0.15) is 90.4 Å². The number of carboxylic acid groups (broad SMARTS) is 1. The van der Waals surface area contributed by atoms with Gasteiger partial charge in [0.1, 0.15) is 6.10 Å². The largest absolute Gasteiger partial charge is 0.481 e. The number of rotatable bonds is 15. The van der Waals surface area contributed by atoms with Crippen molar-refractivity contribution < 1.29 is 39.5 Å². The second-order valence-corrected chi connectivity index (χ2v) is 10.5. The summed E-state index contributed by atoms with van der Waals surface area (Å²) in [6.07, 6.45) is 6.10. The van der Waals surface area contributed by atoms with Crippen molar-refractivity contribution in [2.24, 2.45) is 11.3 Å². The molecule has 0 aromatic carbocycles. The van der Waals surface area contributed by atoms with E-state index in [0.717, 1.165) is 38.5 Å². The number of fused-ring (bicyclic) bond motifs is 1. The lowest BCUT2D eigenvalue weighted by Crippen LogP contribution is -2.63. The van der Waals surface area contributed by atoms with Gasteiger partial charge in [-0.1, -0.05) is 51.9 Å². The van der Waals surface area contributed by atoms with Gasteiger partial charge in [0.25, 0.3) is 0 Å². The zero-order chi connectivity index (χ0) is 25.6. The van der Waals surface area contributed by atoms with Crippen LogP contribution in [-0.2, 0) is 19.1 Å². The van der Waals surface area contributed by atoms with E-state index in [1.165, 1.54) is 6.08 Å². The molecular weight excluding hydrogens is 454 g/mol. The summed E-state index contributed by atoms with van der Waals surface area (Å²) < 4.78 is 5.90. The van der Waals surface area contributed by atoms with Crippen molar-refractivity contribution in [3.05, 3.63) is 11.8 Å². The van der Waals surface area contributed by atoms with Gasteiger partial charge in [0, 0.05) is 43.0 Å². The van der Waals surface area contributed by atoms with E-state index in [1.807, 2.05) is 0 Å². The first-order chi connectivity index (χ1) is 16.6. The molecule has 0 aromatic heterocycles. The molecule has 0 saturated carbocycles. The molecule has 1 spiro atoms. The summed E-state index contributed by atoms with van der Waals surface area (Å²) in [6.45, 7) is 2.36. The smallest absolute Gasteiger partial charge is 0.303 e. The molecule has 0 amide bonds. The Morgan fingerprint density at radius 1 is 1.17 bits per heavy atom. The highest BCUT2D eigenvalue weighted by atomic mass is 16.6. The van der Waals surface area contributed by atoms with Gasteiger partial charge in [0.15, 0.2) is 5.78 Å². The predicted octanol–water partition coefficient (Wildman–Crippen LogP) is 2.21. The third-order valence-electron chi connectivity index (χ3n) is 7.99. The van der Waals surface area contributed by atoms with Gasteiger partial charge in [0.05, 0.1) is 12.2 Å². The molecule has 5 N–H and O–H groups in total. The highest BCUT2D eigenvalue weighted by Gasteiger charge is 2.66. The molecule has 1 aliphatic carbocycles. The van der Waals surface area contributed by atoms with E-state index in [-0.39, 0.29) is 37.5 Å². The molecule has 9 nitrogen and oxygen atoms in total. The summed E-state index contributed by atoms with van der Waals surface area (Å²) >= 11 is 0. The van der Waals surface area contributed by atoms with Gasteiger partial charge in [0.2, 0.25) is 11.6 Å². The topological polar surface area (TPSA) is 153 Å². The zero-order valence-electron chi connectivity index (χ0n) is 20.7. The number of carbonyl (C=O) groups is 3. The van der Waals surface area contributed by atoms with Crippen molar-refractivity contribution in [1.29, 1.82) is 0 Å². The monoisotopic (exact) mass is 495 g/mol. The van der Waals surface area contributed by atoms with Gasteiger partial charge in [-0.25, -0.2) is 0 Å². The lowest BCUT2D eigenvalue weighted by Gasteiger charge is -2.54. The minimum atomic E-state index is -2.08. The second kappa shape index (κ2) is 12.0. The Bertz CT molecular complexity index is 813. The number of β-amino-alcohol motifs (C(OH)–C–C–N with tert-alkyl or cyclic N) is 1. The number of hydrogen-bond donors (Lipinski definition) is 5. The first-order valence-electron chi connectivity index (χ1n) is 13.2. The number of aliphatic carboxylic acids is 1. The molecular formula is C26H41NO8. The number of ketones is 2. The van der Waals surface area contributed by atoms with Gasteiger partial charge < -0.3 is 30.5 Å². The first kappa shape index (κ1) is 27.8. The molecule has 35 heavy (non-hydrogen) atoms. The van der Waals surface area contributed by atoms with E-state index in [4.69, 9.17) is 9.84 Å². The number of Topliss-reactive ketones (excluding diaryl/α,β-unsaturated/α-hetero) is 1. The summed E-state index contributed by atoms with van der Waals surface area (Å²) in [5, 5.41) is 44.4. The van der Waals surface area contributed by atoms with Crippen molar-refractivity contribution in [2.45, 2.75) is 114 Å². The zero-order valence-corrected chi connectivity index (χ0v) is 20.7. The quantitative estimate of drug-likeness (QED) is 0.215. The number of ether oxygens (including phenoxy) is 1. The van der Waals surface area contributed by atoms with Gasteiger partial charge >= 0.3 is 5.97 Å². The summed E-state index contributed by atoms with van der Waals surface area (Å²) in [7, 11) is 0. The van der Waals surface area contributed by atoms with Crippen LogP contribution in [0, 0.1) is 11.3 Å². The average Bonchev–Trinajstić information content (AvgIpc) is 3.10. The molecule has 2 saturated heterocycles. The Labute approximate surface area is 206 Å². The molecule has 2 fully saturated rings. The lowest BCUT2D eigenvalue weighted by atomic mass is 9.58. The maximum absolute atomic E-state index is 13.0. The van der Waals surface area contributed by atoms with Crippen LogP contribution in [0.2, 0.25) is 0 Å². The Morgan fingerprint density at radius 2 is 1.89 bits per heavy atom. The number of nitrogens with one attached hydrogen (secondary N) is 1. The van der Waals surface area contributed by atoms with Crippen molar-refractivity contribution in [3.63, 3.8) is 0 Å². The fraction of sp³-hybridized carbons (Fsp3) is 0.808. The van der Waals surface area contributed by atoms with Crippen LogP contribution in [0.25, 0.3) is 0 Å². The second-order valence-electron chi connectivity index (χ2n) is 10.5. The van der Waals surface area contributed by atoms with Gasteiger partial charge in [-0.3, -0.25) is 14.4 Å². The van der Waals surface area contributed by atoms with Crippen LogP contribution in [0.4, 0.5) is 0 Å². The van der Waals surface area contributed by atoms with Crippen LogP contribution in [-0.4, -0.2) is 68.6 Å². The number of unbranched alkanes of at least 4 members (excludes halogenated alkanes) is 6. The third-order valence-corrected chi connectivity index (χ3v) is 7.99. The minimum absolute atomic E-state index is 0.0370. The van der Waals surface area contributed by atoms with Crippen molar-refractivity contribution in [3.8, 4) is 0 Å². The predicted molar refractivity (Wildman–Crippen MR) is 127 cm³/mol. The molecule has 0 radical (unpaired) electrons. The van der Waals surface area contributed by atoms with E-state index >= 15 is 0 Å². The van der Waals surface area contributed by atoms with Crippen LogP contribution in [0.15, 0.2) is 11.8 Å². The summed E-state index contributed by atoms with van der Waals surface area (Å²) in [5.41, 5.74) is -0.258. The summed E-state index contributed by atoms with van der Waals surface area (Å²) in [5.74, 6) is -4.13. The van der Waals surface area contributed by atoms with Crippen molar-refractivity contribution >= 4 is 17.5 Å². The van der Waals surface area contributed by atoms with E-state index in [2.05, 4.69) is 12.2 Å². The van der Waals surface area contributed by atoms with E-state index in [0.29, 0.717) is 31.4 Å². The van der Waals surface area contributed by atoms with Crippen molar-refractivity contribution in [2.75, 3.05) is 6.54 Å². The normalized spacial score (nSPS) is 32.5. The van der Waals surface area contributed by atoms with Gasteiger partial charge in [-0.2, -0.15) is 0 Å². The molecule has 198 valence electrons. The van der Waals surface area contributed by atoms with E-state index in [1.54, 1.807) is 0 Å². The van der Waals surface area contributed by atoms with Gasteiger partial charge in [-0.15, -0.1) is 0 Å². The SMILES string of the molecule is CCCCC[C@@H]1[C@H](CC(=O)C(O)CCCCCCCC(=O)O)O[C@]2(O)CC13C(=CC2=O)NC[C@@H]3O. The Kier molecular flexibility index (Phi) is 9.48. The van der Waals surface area contributed by atoms with Gasteiger partial charge in [-0.05, 0) is 25.2 Å². The fourth-order valence-corrected chi connectivity index (χ4v) is 6.08. The molecule has 9 heteroatoms. The minimum Gasteiger partial charge on any atom is -0.481 e. The molecule has 2 bridgehead atoms. The highest BCUT2D eigenvalue weighted by Crippen LogP contribution is 2.58. The van der Waals surface area contributed by atoms with E-state index < -0.39 is 41.3 Å². The van der Waals surface area contributed by atoms with Crippen LogP contribution < -0.4 is 5.32 Å². The molecule has 3 rings (SSSR count). The molecule has 3 aliphatic rings. The maximum atomic E-state index is 13.0. The highest BCUT2D eigenvalue weighted by molar-refractivity contribution is 5.98. The van der Waals surface area contributed by atoms with Crippen LogP contribution in [0.3, 0.4) is 0 Å². The molecule has 2 aliphatic heterocycles. The van der Waals surface area contributed by atoms with Crippen LogP contribution >= 0.6 is 0 Å². The Hall–Kier alpha value is -1.81. The summed E-state index contributed by atoms with van der Waals surface area (Å²) in [6, 6.07) is 0. The van der Waals surface area contributed by atoms with E-state index in [9.17, 15) is 29.7 Å². The number of carbonyl (C=O) groups excluding carboxylic acids is 2. The molecule has 6 atom stereocenters. The average molecular weight is 496 g/mol. The standard InChI is InChI=1S/C26H41NO8/c1-2-3-7-10-17-20(13-19(29)18(28)11-8-5-4-6-9-12-24(32)33)35-26(34)16-25(17)21(14-22(26)30)27-15-23(25)31/h14,17-18,20,23,27-28,31,34H,2-13,15-16H2,1H3,(H,32,33)/t17-,18?,20+,23+,25?,26-/m1/s1.